The van der Waals surface area contributed by atoms with Gasteiger partial charge in [-0.15, -0.1) is 0 Å². The molecule has 2 aliphatic heterocycles. The average Bonchev–Trinajstić information content (AvgIpc) is 2.54. The van der Waals surface area contributed by atoms with Gasteiger partial charge >= 0.3 is 0 Å². The molecule has 0 amide bonds. The smallest absolute Gasteiger partial charge is 0.0883 e. The van der Waals surface area contributed by atoms with Gasteiger partial charge in [-0.05, 0) is 51.3 Å². The second kappa shape index (κ2) is 3.19. The molecule has 2 heterocycles. The summed E-state index contributed by atoms with van der Waals surface area (Å²) in [4.78, 5) is 0. The minimum absolute atomic E-state index is 0.165. The third-order valence-corrected chi connectivity index (χ3v) is 3.33. The lowest BCUT2D eigenvalue weighted by Gasteiger charge is -2.30. The molecule has 2 aliphatic rings. The Morgan fingerprint density at radius 1 is 1.07 bits per heavy atom. The van der Waals surface area contributed by atoms with Gasteiger partial charge in [0.15, 0.2) is 0 Å². The van der Waals surface area contributed by atoms with Gasteiger partial charge < -0.3 is 9.47 Å². The topological polar surface area (TPSA) is 18.5 Å². The Morgan fingerprint density at radius 2 is 1.73 bits per heavy atom. The summed E-state index contributed by atoms with van der Waals surface area (Å²) in [6.45, 7) is 12.1. The van der Waals surface area contributed by atoms with Crippen LogP contribution in [0.15, 0.2) is 22.8 Å². The van der Waals surface area contributed by atoms with Gasteiger partial charge in [-0.2, -0.15) is 0 Å². The standard InChI is InChI=1S/C13H20O2/c1-9-8-15-13(4,5)11(9)10-6-7-14-12(10,2)3/h6H,7-8H2,1-5H3. The summed E-state index contributed by atoms with van der Waals surface area (Å²) in [6, 6.07) is 0. The molecule has 0 fully saturated rings. The minimum Gasteiger partial charge on any atom is -0.367 e. The molecule has 2 heteroatoms. The second-order valence-electron chi connectivity index (χ2n) is 5.39. The van der Waals surface area contributed by atoms with E-state index in [2.05, 4.69) is 40.7 Å². The largest absolute Gasteiger partial charge is 0.367 e. The van der Waals surface area contributed by atoms with E-state index in [1.54, 1.807) is 0 Å². The van der Waals surface area contributed by atoms with Crippen LogP contribution in [0.1, 0.15) is 34.6 Å². The Kier molecular flexibility index (Phi) is 2.32. The quantitative estimate of drug-likeness (QED) is 0.659. The fourth-order valence-corrected chi connectivity index (χ4v) is 2.56. The van der Waals surface area contributed by atoms with E-state index in [-0.39, 0.29) is 11.2 Å². The maximum Gasteiger partial charge on any atom is 0.0883 e. The van der Waals surface area contributed by atoms with Crippen molar-refractivity contribution in [3.63, 3.8) is 0 Å². The Bertz CT molecular complexity index is 346. The van der Waals surface area contributed by atoms with Crippen molar-refractivity contribution in [3.05, 3.63) is 22.8 Å². The molecule has 0 saturated heterocycles. The molecule has 0 aromatic carbocycles. The first kappa shape index (κ1) is 10.9. The Hall–Kier alpha value is -0.600. The Balaban J connectivity index is 2.43. The first-order valence-electron chi connectivity index (χ1n) is 5.54. The normalized spacial score (nSPS) is 28.5. The highest BCUT2D eigenvalue weighted by Gasteiger charge is 2.41. The van der Waals surface area contributed by atoms with Crippen molar-refractivity contribution in [3.8, 4) is 0 Å². The van der Waals surface area contributed by atoms with Crippen LogP contribution in [0.4, 0.5) is 0 Å². The van der Waals surface area contributed by atoms with Crippen molar-refractivity contribution in [1.29, 1.82) is 0 Å². The zero-order valence-electron chi connectivity index (χ0n) is 10.3. The van der Waals surface area contributed by atoms with Gasteiger partial charge in [0.05, 0.1) is 24.4 Å². The van der Waals surface area contributed by atoms with Gasteiger partial charge in [0.25, 0.3) is 0 Å². The monoisotopic (exact) mass is 208 g/mol. The van der Waals surface area contributed by atoms with Crippen LogP contribution in [-0.4, -0.2) is 24.4 Å². The van der Waals surface area contributed by atoms with E-state index in [4.69, 9.17) is 9.47 Å². The lowest BCUT2D eigenvalue weighted by Crippen LogP contribution is -2.31. The molecule has 0 bridgehead atoms. The van der Waals surface area contributed by atoms with E-state index in [9.17, 15) is 0 Å². The summed E-state index contributed by atoms with van der Waals surface area (Å²) in [5.74, 6) is 0. The molecule has 0 aromatic rings. The van der Waals surface area contributed by atoms with Crippen molar-refractivity contribution < 1.29 is 9.47 Å². The van der Waals surface area contributed by atoms with Crippen LogP contribution in [0.3, 0.4) is 0 Å². The second-order valence-corrected chi connectivity index (χ2v) is 5.39. The van der Waals surface area contributed by atoms with Crippen LogP contribution < -0.4 is 0 Å². The zero-order valence-corrected chi connectivity index (χ0v) is 10.3. The van der Waals surface area contributed by atoms with Gasteiger partial charge in [0.2, 0.25) is 0 Å². The van der Waals surface area contributed by atoms with Gasteiger partial charge in [-0.25, -0.2) is 0 Å². The molecule has 2 nitrogen and oxygen atoms in total. The average molecular weight is 208 g/mol. The summed E-state index contributed by atoms with van der Waals surface area (Å²) in [5, 5.41) is 0. The molecule has 0 N–H and O–H groups in total. The van der Waals surface area contributed by atoms with Crippen LogP contribution >= 0.6 is 0 Å². The summed E-state index contributed by atoms with van der Waals surface area (Å²) in [6.07, 6.45) is 2.19. The van der Waals surface area contributed by atoms with Gasteiger partial charge in [0.1, 0.15) is 0 Å². The first-order chi connectivity index (χ1) is 6.84. The highest BCUT2D eigenvalue weighted by Crippen LogP contribution is 2.43. The molecular weight excluding hydrogens is 188 g/mol. The summed E-state index contributed by atoms with van der Waals surface area (Å²) >= 11 is 0. The van der Waals surface area contributed by atoms with E-state index in [1.165, 1.54) is 16.7 Å². The Morgan fingerprint density at radius 3 is 2.13 bits per heavy atom. The summed E-state index contributed by atoms with van der Waals surface area (Å²) < 4.78 is 11.5. The van der Waals surface area contributed by atoms with E-state index in [0.29, 0.717) is 0 Å². The number of rotatable bonds is 1. The maximum absolute atomic E-state index is 5.80. The molecule has 0 unspecified atom stereocenters. The van der Waals surface area contributed by atoms with Crippen molar-refractivity contribution >= 4 is 0 Å². The van der Waals surface area contributed by atoms with Gasteiger partial charge in [0, 0.05) is 0 Å². The lowest BCUT2D eigenvalue weighted by molar-refractivity contribution is 0.0334. The molecule has 0 aliphatic carbocycles. The van der Waals surface area contributed by atoms with Crippen LogP contribution in [0, 0.1) is 0 Å². The van der Waals surface area contributed by atoms with Gasteiger partial charge in [-0.1, -0.05) is 6.08 Å². The molecule has 0 radical (unpaired) electrons. The fourth-order valence-electron chi connectivity index (χ4n) is 2.56. The first-order valence-corrected chi connectivity index (χ1v) is 5.54. The fraction of sp³-hybridized carbons (Fsp3) is 0.692. The van der Waals surface area contributed by atoms with E-state index < -0.39 is 0 Å². The SMILES string of the molecule is CC1=C(C2=CCOC2(C)C)C(C)(C)OC1. The van der Waals surface area contributed by atoms with Crippen molar-refractivity contribution in [1.82, 2.24) is 0 Å². The van der Waals surface area contributed by atoms with E-state index in [1.807, 2.05) is 0 Å². The highest BCUT2D eigenvalue weighted by atomic mass is 16.5. The molecule has 0 saturated carbocycles. The van der Waals surface area contributed by atoms with E-state index >= 15 is 0 Å². The third kappa shape index (κ3) is 1.66. The molecule has 2 rings (SSSR count). The summed E-state index contributed by atoms with van der Waals surface area (Å²) in [7, 11) is 0. The third-order valence-electron chi connectivity index (χ3n) is 3.33. The van der Waals surface area contributed by atoms with Crippen molar-refractivity contribution in [2.45, 2.75) is 45.8 Å². The van der Waals surface area contributed by atoms with Gasteiger partial charge in [-0.3, -0.25) is 0 Å². The molecule has 0 atom stereocenters. The maximum atomic E-state index is 5.80. The molecular formula is C13H20O2. The lowest BCUT2D eigenvalue weighted by atomic mass is 9.82. The highest BCUT2D eigenvalue weighted by molar-refractivity contribution is 5.49. The number of ether oxygens (including phenoxy) is 2. The molecule has 84 valence electrons. The van der Waals surface area contributed by atoms with Crippen molar-refractivity contribution in [2.24, 2.45) is 0 Å². The predicted molar refractivity (Wildman–Crippen MR) is 60.8 cm³/mol. The molecule has 0 spiro atoms. The predicted octanol–water partition coefficient (Wildman–Crippen LogP) is 2.85. The van der Waals surface area contributed by atoms with Crippen LogP contribution in [0.2, 0.25) is 0 Å². The Labute approximate surface area is 92.0 Å². The summed E-state index contributed by atoms with van der Waals surface area (Å²) in [5.41, 5.74) is 3.65. The zero-order chi connectivity index (χ0) is 11.3. The number of hydrogen-bond donors (Lipinski definition) is 0. The van der Waals surface area contributed by atoms with Crippen molar-refractivity contribution in [2.75, 3.05) is 13.2 Å². The van der Waals surface area contributed by atoms with Crippen LogP contribution in [-0.2, 0) is 9.47 Å². The molecule has 0 aromatic heterocycles. The molecule has 15 heavy (non-hydrogen) atoms. The van der Waals surface area contributed by atoms with E-state index in [0.717, 1.165) is 13.2 Å². The minimum atomic E-state index is -0.166. The van der Waals surface area contributed by atoms with Crippen LogP contribution in [0.5, 0.6) is 0 Å². The van der Waals surface area contributed by atoms with Crippen LogP contribution in [0.25, 0.3) is 0 Å². The number of hydrogen-bond acceptors (Lipinski definition) is 2.